The van der Waals surface area contributed by atoms with Gasteiger partial charge in [0.2, 0.25) is 0 Å². The molecule has 0 radical (unpaired) electrons. The highest BCUT2D eigenvalue weighted by Crippen LogP contribution is 2.46. The highest BCUT2D eigenvalue weighted by atomic mass is 32.1. The monoisotopic (exact) mass is 769 g/mol. The number of fused-ring (bicyclic) bond motifs is 8. The van der Waals surface area contributed by atoms with E-state index >= 15 is 0 Å². The van der Waals surface area contributed by atoms with Crippen LogP contribution in [0.4, 0.5) is 17.1 Å². The Morgan fingerprint density at radius 1 is 0.339 bits per heavy atom. The first-order valence-electron chi connectivity index (χ1n) is 20.1. The summed E-state index contributed by atoms with van der Waals surface area (Å²) in [5.41, 5.74) is 12.2. The molecule has 0 amide bonds. The fourth-order valence-corrected chi connectivity index (χ4v) is 10.3. The molecule has 2 heterocycles. The molecule has 2 aromatic heterocycles. The number of nitrogens with zero attached hydrogens (tertiary/aromatic N) is 1. The second-order valence-electron chi connectivity index (χ2n) is 15.2. The molecule has 2 nitrogen and oxygen atoms in total. The van der Waals surface area contributed by atoms with Gasteiger partial charge in [0.05, 0.1) is 11.4 Å². The molecule has 3 heteroatoms. The summed E-state index contributed by atoms with van der Waals surface area (Å²) in [7, 11) is 0. The van der Waals surface area contributed by atoms with Gasteiger partial charge in [0.15, 0.2) is 0 Å². The molecule has 0 bridgehead atoms. The van der Waals surface area contributed by atoms with Crippen molar-refractivity contribution in [1.29, 1.82) is 0 Å². The molecule has 12 rings (SSSR count). The minimum atomic E-state index is 0.896. The van der Waals surface area contributed by atoms with Crippen LogP contribution in [0.5, 0.6) is 0 Å². The number of benzene rings is 10. The molecule has 10 aromatic carbocycles. The van der Waals surface area contributed by atoms with Gasteiger partial charge in [0.1, 0.15) is 11.2 Å². The van der Waals surface area contributed by atoms with Gasteiger partial charge in [-0.2, -0.15) is 0 Å². The Morgan fingerprint density at radius 2 is 0.847 bits per heavy atom. The molecule has 276 valence electrons. The molecule has 0 N–H and O–H groups in total. The Hall–Kier alpha value is -7.46. The molecule has 12 aromatic rings. The number of rotatable bonds is 6. The van der Waals surface area contributed by atoms with Crippen LogP contribution < -0.4 is 4.90 Å². The van der Waals surface area contributed by atoms with Crippen molar-refractivity contribution in [2.45, 2.75) is 0 Å². The Kier molecular flexibility index (Phi) is 7.75. The van der Waals surface area contributed by atoms with Gasteiger partial charge in [-0.25, -0.2) is 0 Å². The average molecular weight is 770 g/mol. The molecule has 0 aliphatic carbocycles. The lowest BCUT2D eigenvalue weighted by atomic mass is 9.90. The van der Waals surface area contributed by atoms with Gasteiger partial charge in [-0.15, -0.1) is 11.3 Å². The van der Waals surface area contributed by atoms with E-state index in [1.165, 1.54) is 52.8 Å². The molecule has 0 aliphatic heterocycles. The smallest absolute Gasteiger partial charge is 0.136 e. The van der Waals surface area contributed by atoms with Crippen LogP contribution in [0.3, 0.4) is 0 Å². The first kappa shape index (κ1) is 33.7. The molecule has 0 aliphatic rings. The van der Waals surface area contributed by atoms with Crippen molar-refractivity contribution in [2.24, 2.45) is 0 Å². The van der Waals surface area contributed by atoms with Crippen molar-refractivity contribution in [3.05, 3.63) is 212 Å². The Labute approximate surface area is 345 Å². The summed E-state index contributed by atoms with van der Waals surface area (Å²) in [5.74, 6) is 0. The first-order valence-corrected chi connectivity index (χ1v) is 20.9. The second kappa shape index (κ2) is 13.6. The quantitative estimate of drug-likeness (QED) is 0.167. The van der Waals surface area contributed by atoms with Gasteiger partial charge in [-0.05, 0) is 111 Å². The zero-order valence-electron chi connectivity index (χ0n) is 32.0. The van der Waals surface area contributed by atoms with Crippen LogP contribution in [0.1, 0.15) is 0 Å². The molecule has 59 heavy (non-hydrogen) atoms. The number of hydrogen-bond donors (Lipinski definition) is 0. The van der Waals surface area contributed by atoms with Gasteiger partial charge in [0, 0.05) is 47.4 Å². The highest BCUT2D eigenvalue weighted by Gasteiger charge is 2.20. The maximum absolute atomic E-state index is 6.40. The van der Waals surface area contributed by atoms with Gasteiger partial charge >= 0.3 is 0 Å². The van der Waals surface area contributed by atoms with E-state index in [-0.39, 0.29) is 0 Å². The van der Waals surface area contributed by atoms with Crippen molar-refractivity contribution in [3.8, 4) is 33.4 Å². The van der Waals surface area contributed by atoms with Gasteiger partial charge in [0.25, 0.3) is 0 Å². The van der Waals surface area contributed by atoms with Gasteiger partial charge in [-0.3, -0.25) is 0 Å². The summed E-state index contributed by atoms with van der Waals surface area (Å²) in [5, 5.41) is 9.71. The third-order valence-corrected chi connectivity index (χ3v) is 13.0. The van der Waals surface area contributed by atoms with Crippen molar-refractivity contribution < 1.29 is 4.42 Å². The number of furan rings is 1. The van der Waals surface area contributed by atoms with Crippen molar-refractivity contribution in [1.82, 2.24) is 0 Å². The lowest BCUT2D eigenvalue weighted by molar-refractivity contribution is 0.669. The predicted molar refractivity (Wildman–Crippen MR) is 253 cm³/mol. The van der Waals surface area contributed by atoms with E-state index in [9.17, 15) is 0 Å². The summed E-state index contributed by atoms with van der Waals surface area (Å²) in [6, 6.07) is 77.1. The van der Waals surface area contributed by atoms with Crippen LogP contribution in [-0.2, 0) is 0 Å². The molecule has 0 atom stereocenters. The number of anilines is 3. The maximum Gasteiger partial charge on any atom is 0.136 e. The summed E-state index contributed by atoms with van der Waals surface area (Å²) in [6.07, 6.45) is 0. The van der Waals surface area contributed by atoms with Crippen molar-refractivity contribution in [3.63, 3.8) is 0 Å². The van der Waals surface area contributed by atoms with Gasteiger partial charge in [-0.1, -0.05) is 146 Å². The van der Waals surface area contributed by atoms with Crippen LogP contribution in [0.25, 0.3) is 97.0 Å². The normalized spacial score (nSPS) is 11.7. The topological polar surface area (TPSA) is 16.4 Å². The second-order valence-corrected chi connectivity index (χ2v) is 16.3. The summed E-state index contributed by atoms with van der Waals surface area (Å²) in [4.78, 5) is 2.42. The Bertz CT molecular complexity index is 3350. The van der Waals surface area contributed by atoms with E-state index in [1.54, 1.807) is 0 Å². The molecule has 0 fully saturated rings. The molecule has 0 unspecified atom stereocenters. The Balaban J connectivity index is 1.07. The van der Waals surface area contributed by atoms with E-state index in [2.05, 4.69) is 211 Å². The van der Waals surface area contributed by atoms with E-state index in [0.717, 1.165) is 61.3 Å². The fourth-order valence-electron chi connectivity index (χ4n) is 9.15. The van der Waals surface area contributed by atoms with Crippen LogP contribution >= 0.6 is 11.3 Å². The van der Waals surface area contributed by atoms with Crippen LogP contribution in [0, 0.1) is 0 Å². The summed E-state index contributed by atoms with van der Waals surface area (Å²) in [6.45, 7) is 0. The molecular weight excluding hydrogens is 735 g/mol. The highest BCUT2D eigenvalue weighted by molar-refractivity contribution is 7.25. The standard InChI is InChI=1S/C56H35NOS/c1-3-17-43-37(13-1)15-9-23-49(43)57(50-24-10-16-38-14-2-4-18-44(38)50)42-31-29-36(30-32-42)39-33-40(45-21-11-26-52-55(45)47-19-5-7-25-51(47)58-52)35-41(34-39)46-22-12-28-54-56(46)48-20-6-8-27-53(48)59-54/h1-35H. The predicted octanol–water partition coefficient (Wildman–Crippen LogP) is 16.7. The van der Waals surface area contributed by atoms with Crippen LogP contribution in [0.15, 0.2) is 217 Å². The number of hydrogen-bond acceptors (Lipinski definition) is 3. The van der Waals surface area contributed by atoms with E-state index in [1.807, 2.05) is 17.4 Å². The minimum absolute atomic E-state index is 0.896. The lowest BCUT2D eigenvalue weighted by Gasteiger charge is -2.28. The fraction of sp³-hybridized carbons (Fsp3) is 0. The van der Waals surface area contributed by atoms with Gasteiger partial charge < -0.3 is 9.32 Å². The van der Waals surface area contributed by atoms with Crippen LogP contribution in [-0.4, -0.2) is 0 Å². The molecule has 0 saturated heterocycles. The third kappa shape index (κ3) is 5.55. The largest absolute Gasteiger partial charge is 0.456 e. The zero-order valence-corrected chi connectivity index (χ0v) is 32.8. The lowest BCUT2D eigenvalue weighted by Crippen LogP contribution is -2.11. The van der Waals surface area contributed by atoms with Crippen molar-refractivity contribution in [2.75, 3.05) is 4.90 Å². The van der Waals surface area contributed by atoms with Crippen molar-refractivity contribution >= 4 is 92.1 Å². The van der Waals surface area contributed by atoms with E-state index in [4.69, 9.17) is 4.42 Å². The third-order valence-electron chi connectivity index (χ3n) is 11.8. The number of thiophene rings is 1. The average Bonchev–Trinajstić information content (AvgIpc) is 3.88. The molecular formula is C56H35NOS. The first-order chi connectivity index (χ1) is 29.2. The zero-order chi connectivity index (χ0) is 38.9. The molecule has 0 spiro atoms. The maximum atomic E-state index is 6.40. The minimum Gasteiger partial charge on any atom is -0.456 e. The summed E-state index contributed by atoms with van der Waals surface area (Å²) < 4.78 is 9.00. The van der Waals surface area contributed by atoms with E-state index in [0.29, 0.717) is 0 Å². The summed E-state index contributed by atoms with van der Waals surface area (Å²) >= 11 is 1.86. The molecule has 0 saturated carbocycles. The van der Waals surface area contributed by atoms with Crippen LogP contribution in [0.2, 0.25) is 0 Å². The SMILES string of the molecule is c1ccc2c(N(c3ccc(-c4cc(-c5cccc6oc7ccccc7c56)cc(-c5cccc6sc7ccccc7c56)c4)cc3)c3cccc4ccccc34)cccc2c1. The van der Waals surface area contributed by atoms with E-state index < -0.39 is 0 Å². The number of para-hydroxylation sites is 1. The Morgan fingerprint density at radius 3 is 1.56 bits per heavy atom.